The summed E-state index contributed by atoms with van der Waals surface area (Å²) in [4.78, 5) is 67.2. The van der Waals surface area contributed by atoms with Gasteiger partial charge >= 0.3 is 23.9 Å². The maximum Gasteiger partial charge on any atom is 0.308 e. The van der Waals surface area contributed by atoms with Crippen molar-refractivity contribution in [1.29, 1.82) is 0 Å². The van der Waals surface area contributed by atoms with Gasteiger partial charge in [-0.15, -0.1) is 0 Å². The molecular weight excluding hydrogens is 771 g/mol. The van der Waals surface area contributed by atoms with Gasteiger partial charge in [0.25, 0.3) is 0 Å². The van der Waals surface area contributed by atoms with Gasteiger partial charge in [-0.05, 0) is 95.1 Å². The molecule has 0 N–H and O–H groups in total. The van der Waals surface area contributed by atoms with Crippen LogP contribution in [0.2, 0.25) is 0 Å². The summed E-state index contributed by atoms with van der Waals surface area (Å²) < 4.78 is 19.8. The fourth-order valence-corrected chi connectivity index (χ4v) is 4.08. The number of carbonyl (C=O) groups excluding carboxylic acids is 6. The van der Waals surface area contributed by atoms with Crippen LogP contribution in [-0.2, 0) is 49.2 Å². The number of hydrogen-bond acceptors (Lipinski definition) is 10. The van der Waals surface area contributed by atoms with E-state index in [0.29, 0.717) is 23.0 Å². The topological polar surface area (TPSA) is 139 Å². The molecule has 4 aromatic rings. The summed E-state index contributed by atoms with van der Waals surface area (Å²) in [6.07, 6.45) is 12.5. The molecule has 4 aromatic carbocycles. The van der Waals surface area contributed by atoms with Gasteiger partial charge in [-0.25, -0.2) is 0 Å². The van der Waals surface area contributed by atoms with Crippen LogP contribution in [0.3, 0.4) is 0 Å². The van der Waals surface area contributed by atoms with Gasteiger partial charge in [0.05, 0.1) is 0 Å². The van der Waals surface area contributed by atoms with Crippen molar-refractivity contribution in [3.05, 3.63) is 144 Å². The van der Waals surface area contributed by atoms with Crippen LogP contribution in [0.15, 0.2) is 121 Å². The number of hydrogen-bond donors (Lipinski definition) is 0. The number of benzene rings is 4. The van der Waals surface area contributed by atoms with Gasteiger partial charge in [-0.1, -0.05) is 72.8 Å². The number of carbonyl (C=O) groups is 6. The molecule has 4 rings (SSSR count). The molecule has 0 aliphatic carbocycles. The molecule has 0 amide bonds. The minimum atomic E-state index is -0.380. The molecule has 0 unspecified atom stereocenters. The summed E-state index contributed by atoms with van der Waals surface area (Å²) in [7, 11) is 0. The Bertz CT molecular complexity index is 1700. The minimum Gasteiger partial charge on any atom is -0.427 e. The van der Waals surface area contributed by atoms with Crippen LogP contribution in [-0.4, -0.2) is 35.4 Å². The summed E-state index contributed by atoms with van der Waals surface area (Å²) >= 11 is 0. The molecule has 0 fully saturated rings. The maximum absolute atomic E-state index is 11.9. The van der Waals surface area contributed by atoms with Gasteiger partial charge in [0, 0.05) is 48.1 Å². The first-order valence-corrected chi connectivity index (χ1v) is 15.8. The van der Waals surface area contributed by atoms with Crippen LogP contribution in [0.5, 0.6) is 23.0 Å². The Labute approximate surface area is 321 Å². The molecule has 0 saturated carbocycles. The molecule has 0 aliphatic rings. The molecule has 0 aliphatic heterocycles. The summed E-state index contributed by atoms with van der Waals surface area (Å²) in [6, 6.07) is 27.3. The number of rotatable bonds is 12. The molecule has 0 atom stereocenters. The van der Waals surface area contributed by atoms with Crippen LogP contribution < -0.4 is 18.9 Å². The number of esters is 4. The van der Waals surface area contributed by atoms with Crippen LogP contribution in [0, 0.1) is 0 Å². The van der Waals surface area contributed by atoms with E-state index in [4.69, 9.17) is 18.9 Å². The van der Waals surface area contributed by atoms with Crippen molar-refractivity contribution in [3.8, 4) is 23.0 Å². The average molecular weight is 807 g/mol. The van der Waals surface area contributed by atoms with E-state index >= 15 is 0 Å². The number of ketones is 2. The van der Waals surface area contributed by atoms with Gasteiger partial charge in [0.15, 0.2) is 11.6 Å². The van der Waals surface area contributed by atoms with Crippen LogP contribution in [0.1, 0.15) is 49.9 Å². The predicted octanol–water partition coefficient (Wildman–Crippen LogP) is 7.66. The number of ether oxygens (including phenoxy) is 4. The van der Waals surface area contributed by atoms with Crippen molar-refractivity contribution < 1.29 is 68.1 Å². The first-order valence-electron chi connectivity index (χ1n) is 15.8. The van der Waals surface area contributed by atoms with Crippen LogP contribution >= 0.6 is 0 Å². The smallest absolute Gasteiger partial charge is 0.308 e. The van der Waals surface area contributed by atoms with E-state index in [1.807, 2.05) is 0 Å². The van der Waals surface area contributed by atoms with E-state index < -0.39 is 0 Å². The second-order valence-corrected chi connectivity index (χ2v) is 10.8. The molecule has 10 nitrogen and oxygen atoms in total. The average Bonchev–Trinajstić information content (AvgIpc) is 3.10. The second-order valence-electron chi connectivity index (χ2n) is 10.8. The van der Waals surface area contributed by atoms with E-state index in [0.717, 1.165) is 22.3 Å². The molecule has 0 bridgehead atoms. The van der Waals surface area contributed by atoms with Crippen molar-refractivity contribution in [2.75, 3.05) is 0 Å². The summed E-state index contributed by atoms with van der Waals surface area (Å²) in [5.41, 5.74) is 3.25. The van der Waals surface area contributed by atoms with Crippen molar-refractivity contribution in [1.82, 2.24) is 0 Å². The first-order chi connectivity index (χ1) is 24.8. The number of allylic oxidation sites excluding steroid dienone is 4. The van der Waals surface area contributed by atoms with E-state index in [1.54, 1.807) is 121 Å². The monoisotopic (exact) mass is 806 g/mol. The van der Waals surface area contributed by atoms with Crippen LogP contribution in [0.4, 0.5) is 0 Å². The largest absolute Gasteiger partial charge is 0.427 e. The van der Waals surface area contributed by atoms with Gasteiger partial charge in [0.2, 0.25) is 0 Å². The van der Waals surface area contributed by atoms with Crippen molar-refractivity contribution >= 4 is 59.7 Å². The Balaban J connectivity index is 0.000000360. The Morgan fingerprint density at radius 1 is 0.340 bits per heavy atom. The van der Waals surface area contributed by atoms with E-state index in [-0.39, 0.29) is 55.9 Å². The molecule has 0 radical (unpaired) electrons. The molecule has 0 spiro atoms. The third-order valence-electron chi connectivity index (χ3n) is 6.33. The molecule has 53 heavy (non-hydrogen) atoms. The zero-order chi connectivity index (χ0) is 37.9. The predicted molar refractivity (Wildman–Crippen MR) is 197 cm³/mol. The van der Waals surface area contributed by atoms with E-state index in [9.17, 15) is 28.8 Å². The fraction of sp³-hybridized carbons (Fsp3) is 0.0952. The zero-order valence-electron chi connectivity index (χ0n) is 29.3. The molecule has 0 saturated heterocycles. The Morgan fingerprint density at radius 3 is 0.660 bits per heavy atom. The Morgan fingerprint density at radius 2 is 0.509 bits per heavy atom. The third kappa shape index (κ3) is 18.0. The standard InChI is InChI=1S/2C21H18O5.Pd/c2*1-15(22)25-20-11-5-17(6-12-20)3-9-19(24)10-4-18-7-13-21(14-8-18)26-16(2)23;/h2*3-14H,1-2H3;. The van der Waals surface area contributed by atoms with E-state index in [2.05, 4.69) is 0 Å². The fourth-order valence-electron chi connectivity index (χ4n) is 4.08. The van der Waals surface area contributed by atoms with Crippen molar-refractivity contribution in [2.45, 2.75) is 27.7 Å². The van der Waals surface area contributed by atoms with Gasteiger partial charge < -0.3 is 18.9 Å². The third-order valence-corrected chi connectivity index (χ3v) is 6.33. The first kappa shape index (κ1) is 42.9. The normalized spacial score (nSPS) is 10.6. The minimum absolute atomic E-state index is 0. The summed E-state index contributed by atoms with van der Waals surface area (Å²) in [5, 5.41) is 0. The van der Waals surface area contributed by atoms with Crippen molar-refractivity contribution in [3.63, 3.8) is 0 Å². The Hall–Kier alpha value is -6.28. The second kappa shape index (κ2) is 22.5. The van der Waals surface area contributed by atoms with Gasteiger partial charge in [-0.3, -0.25) is 28.8 Å². The van der Waals surface area contributed by atoms with Gasteiger partial charge in [0.1, 0.15) is 23.0 Å². The quantitative estimate of drug-likeness (QED) is 0.0607. The molecule has 0 aromatic heterocycles. The maximum atomic E-state index is 11.9. The summed E-state index contributed by atoms with van der Waals surface area (Å²) in [6.45, 7) is 5.34. The van der Waals surface area contributed by atoms with Crippen molar-refractivity contribution in [2.24, 2.45) is 0 Å². The molecule has 0 heterocycles. The molecule has 11 heteroatoms. The Kier molecular flexibility index (Phi) is 18.2. The summed E-state index contributed by atoms with van der Waals surface area (Å²) in [5.74, 6) is -0.0310. The zero-order valence-corrected chi connectivity index (χ0v) is 30.8. The SMILES string of the molecule is CC(=O)Oc1ccc(C=CC(=O)C=Cc2ccc(OC(C)=O)cc2)cc1.CC(=O)Oc1ccc(C=CC(=O)C=Cc2ccc(OC(C)=O)cc2)cc1.[Pd]. The van der Waals surface area contributed by atoms with Crippen LogP contribution in [0.25, 0.3) is 24.3 Å². The van der Waals surface area contributed by atoms with E-state index in [1.165, 1.54) is 52.0 Å². The molecule has 274 valence electrons. The molecular formula is C42H36O10Pd. The van der Waals surface area contributed by atoms with Gasteiger partial charge in [-0.2, -0.15) is 0 Å².